The molecule has 2 aromatic carbocycles. The van der Waals surface area contributed by atoms with Gasteiger partial charge < -0.3 is 9.15 Å². The first-order valence-electron chi connectivity index (χ1n) is 10.2. The van der Waals surface area contributed by atoms with E-state index in [0.29, 0.717) is 17.9 Å². The van der Waals surface area contributed by atoms with E-state index in [9.17, 15) is 14.0 Å². The van der Waals surface area contributed by atoms with Gasteiger partial charge in [-0.2, -0.15) is 0 Å². The third kappa shape index (κ3) is 3.20. The van der Waals surface area contributed by atoms with Gasteiger partial charge in [0.05, 0.1) is 23.6 Å². The van der Waals surface area contributed by atoms with Gasteiger partial charge in [-0.3, -0.25) is 14.5 Å². The fraction of sp³-hybridized carbons (Fsp3) is 0.167. The number of benzene rings is 2. The van der Waals surface area contributed by atoms with Crippen molar-refractivity contribution in [1.29, 1.82) is 0 Å². The third-order valence-electron chi connectivity index (χ3n) is 5.25. The second-order valence-electron chi connectivity index (χ2n) is 7.36. The highest BCUT2D eigenvalue weighted by Crippen LogP contribution is 2.40. The number of ether oxygens (including phenoxy) is 1. The Labute approximate surface area is 182 Å². The molecule has 32 heavy (non-hydrogen) atoms. The summed E-state index contributed by atoms with van der Waals surface area (Å²) >= 11 is 0. The molecule has 4 aromatic rings. The Morgan fingerprint density at radius 1 is 1.09 bits per heavy atom. The van der Waals surface area contributed by atoms with Crippen molar-refractivity contribution < 1.29 is 18.3 Å². The number of hydrogen-bond acceptors (Lipinski definition) is 6. The van der Waals surface area contributed by atoms with Crippen molar-refractivity contribution in [3.05, 3.63) is 93.9 Å². The second-order valence-corrected chi connectivity index (χ2v) is 7.36. The van der Waals surface area contributed by atoms with E-state index >= 15 is 0 Å². The lowest BCUT2D eigenvalue weighted by Gasteiger charge is -2.23. The third-order valence-corrected chi connectivity index (χ3v) is 5.25. The van der Waals surface area contributed by atoms with Crippen LogP contribution in [0.15, 0.2) is 70.1 Å². The highest BCUT2D eigenvalue weighted by Gasteiger charge is 2.45. The van der Waals surface area contributed by atoms with Crippen molar-refractivity contribution in [2.24, 2.45) is 0 Å². The SMILES string of the molecule is CCCOc1cccc(C2c3c(oc4ccc(F)cc4c3=O)C(=O)N2c2ncccn2)c1. The molecule has 1 amide bonds. The molecule has 1 unspecified atom stereocenters. The van der Waals surface area contributed by atoms with Gasteiger partial charge >= 0.3 is 0 Å². The number of nitrogens with zero attached hydrogens (tertiary/aromatic N) is 3. The number of anilines is 1. The summed E-state index contributed by atoms with van der Waals surface area (Å²) in [6.07, 6.45) is 3.86. The van der Waals surface area contributed by atoms with Crippen molar-refractivity contribution >= 4 is 22.8 Å². The van der Waals surface area contributed by atoms with Crippen molar-refractivity contribution in [2.75, 3.05) is 11.5 Å². The van der Waals surface area contributed by atoms with Crippen LogP contribution >= 0.6 is 0 Å². The van der Waals surface area contributed by atoms with Crippen LogP contribution in [0, 0.1) is 5.82 Å². The van der Waals surface area contributed by atoms with Gasteiger partial charge in [-0.15, -0.1) is 0 Å². The lowest BCUT2D eigenvalue weighted by Crippen LogP contribution is -2.31. The molecule has 0 saturated carbocycles. The molecule has 0 saturated heterocycles. The normalized spacial score (nSPS) is 15.2. The van der Waals surface area contributed by atoms with Crippen LogP contribution < -0.4 is 15.1 Å². The number of aromatic nitrogens is 2. The zero-order valence-corrected chi connectivity index (χ0v) is 17.1. The molecule has 0 fully saturated rings. The smallest absolute Gasteiger partial charge is 0.297 e. The fourth-order valence-electron chi connectivity index (χ4n) is 3.88. The summed E-state index contributed by atoms with van der Waals surface area (Å²) in [5.41, 5.74) is 0.407. The van der Waals surface area contributed by atoms with Crippen LogP contribution in [0.25, 0.3) is 11.0 Å². The van der Waals surface area contributed by atoms with Crippen molar-refractivity contribution in [2.45, 2.75) is 19.4 Å². The van der Waals surface area contributed by atoms with Crippen molar-refractivity contribution in [3.8, 4) is 5.75 Å². The lowest BCUT2D eigenvalue weighted by molar-refractivity contribution is 0.0969. The topological polar surface area (TPSA) is 85.5 Å². The van der Waals surface area contributed by atoms with Gasteiger partial charge in [-0.05, 0) is 48.4 Å². The zero-order valence-electron chi connectivity index (χ0n) is 17.1. The van der Waals surface area contributed by atoms with Gasteiger partial charge in [-0.25, -0.2) is 14.4 Å². The molecule has 3 heterocycles. The summed E-state index contributed by atoms with van der Waals surface area (Å²) < 4.78 is 25.4. The predicted molar refractivity (Wildman–Crippen MR) is 115 cm³/mol. The minimum absolute atomic E-state index is 0.0655. The van der Waals surface area contributed by atoms with E-state index in [4.69, 9.17) is 9.15 Å². The van der Waals surface area contributed by atoms with Crippen LogP contribution in [0.3, 0.4) is 0 Å². The van der Waals surface area contributed by atoms with Crippen LogP contribution in [-0.2, 0) is 0 Å². The molecule has 0 N–H and O–H groups in total. The van der Waals surface area contributed by atoms with Crippen LogP contribution in [-0.4, -0.2) is 22.5 Å². The molecular formula is C24H18FN3O4. The van der Waals surface area contributed by atoms with Crippen LogP contribution in [0.2, 0.25) is 0 Å². The van der Waals surface area contributed by atoms with Gasteiger partial charge in [0.25, 0.3) is 5.91 Å². The Balaban J connectivity index is 1.76. The summed E-state index contributed by atoms with van der Waals surface area (Å²) in [7, 11) is 0. The highest BCUT2D eigenvalue weighted by atomic mass is 19.1. The molecule has 7 nitrogen and oxygen atoms in total. The zero-order chi connectivity index (χ0) is 22.2. The molecular weight excluding hydrogens is 413 g/mol. The highest BCUT2D eigenvalue weighted by molar-refractivity contribution is 6.09. The van der Waals surface area contributed by atoms with Gasteiger partial charge in [0.2, 0.25) is 11.7 Å². The maximum Gasteiger partial charge on any atom is 0.297 e. The minimum Gasteiger partial charge on any atom is -0.494 e. The minimum atomic E-state index is -0.853. The summed E-state index contributed by atoms with van der Waals surface area (Å²) in [5, 5.41) is 0.0655. The molecule has 8 heteroatoms. The summed E-state index contributed by atoms with van der Waals surface area (Å²) in [6, 6.07) is 11.6. The van der Waals surface area contributed by atoms with Crippen molar-refractivity contribution in [3.63, 3.8) is 0 Å². The van der Waals surface area contributed by atoms with Crippen LogP contribution in [0.4, 0.5) is 10.3 Å². The van der Waals surface area contributed by atoms with E-state index in [1.165, 1.54) is 29.4 Å². The van der Waals surface area contributed by atoms with Gasteiger partial charge in [-0.1, -0.05) is 19.1 Å². The number of carbonyl (C=O) groups is 1. The Morgan fingerprint density at radius 2 is 1.91 bits per heavy atom. The van der Waals surface area contributed by atoms with E-state index in [0.717, 1.165) is 12.5 Å². The molecule has 2 aromatic heterocycles. The molecule has 1 aliphatic heterocycles. The Hall–Kier alpha value is -4.07. The van der Waals surface area contributed by atoms with E-state index in [1.807, 2.05) is 6.92 Å². The molecule has 0 bridgehead atoms. The average Bonchev–Trinajstić information content (AvgIpc) is 3.11. The molecule has 0 radical (unpaired) electrons. The summed E-state index contributed by atoms with van der Waals surface area (Å²) in [5.74, 6) is -0.478. The van der Waals surface area contributed by atoms with Crippen LogP contribution in [0.1, 0.15) is 41.1 Å². The molecule has 5 rings (SSSR count). The Kier molecular flexibility index (Phi) is 4.89. The fourth-order valence-corrected chi connectivity index (χ4v) is 3.88. The van der Waals surface area contributed by atoms with Crippen LogP contribution in [0.5, 0.6) is 5.75 Å². The first kappa shape index (κ1) is 19.9. The number of rotatable bonds is 5. The first-order valence-corrected chi connectivity index (χ1v) is 10.2. The maximum atomic E-state index is 13.9. The lowest BCUT2D eigenvalue weighted by atomic mass is 9.98. The summed E-state index contributed by atoms with van der Waals surface area (Å²) in [4.78, 5) is 36.6. The first-order chi connectivity index (χ1) is 15.6. The number of carbonyl (C=O) groups excluding carboxylic acids is 1. The number of amides is 1. The molecule has 160 valence electrons. The molecule has 0 spiro atoms. The average molecular weight is 431 g/mol. The quantitative estimate of drug-likeness (QED) is 0.469. The van der Waals surface area contributed by atoms with Crippen molar-refractivity contribution in [1.82, 2.24) is 9.97 Å². The van der Waals surface area contributed by atoms with Gasteiger partial charge in [0, 0.05) is 12.4 Å². The van der Waals surface area contributed by atoms with E-state index in [2.05, 4.69) is 9.97 Å². The van der Waals surface area contributed by atoms with E-state index in [1.54, 1.807) is 30.3 Å². The molecule has 1 aliphatic rings. The van der Waals surface area contributed by atoms with E-state index in [-0.39, 0.29) is 28.2 Å². The summed E-state index contributed by atoms with van der Waals surface area (Å²) in [6.45, 7) is 2.53. The standard InChI is InChI=1S/C24H18FN3O4/c1-2-11-31-16-6-3-5-14(12-16)20-19-21(29)17-13-15(25)7-8-18(17)32-22(19)23(30)28(20)24-26-9-4-10-27-24/h3-10,12-13,20H,2,11H2,1H3. The monoisotopic (exact) mass is 431 g/mol. The largest absolute Gasteiger partial charge is 0.494 e. The predicted octanol–water partition coefficient (Wildman–Crippen LogP) is 4.26. The number of hydrogen-bond donors (Lipinski definition) is 0. The van der Waals surface area contributed by atoms with Gasteiger partial charge in [0.1, 0.15) is 17.1 Å². The second kappa shape index (κ2) is 7.88. The van der Waals surface area contributed by atoms with E-state index < -0.39 is 23.2 Å². The molecule has 0 aliphatic carbocycles. The molecule has 1 atom stereocenters. The number of fused-ring (bicyclic) bond motifs is 2. The maximum absolute atomic E-state index is 13.9. The Morgan fingerprint density at radius 3 is 2.69 bits per heavy atom. The Bertz CT molecular complexity index is 1390. The van der Waals surface area contributed by atoms with Gasteiger partial charge in [0.15, 0.2) is 5.43 Å². The number of halogens is 1.